The van der Waals surface area contributed by atoms with Crippen LogP contribution in [0.3, 0.4) is 0 Å². The minimum absolute atomic E-state index is 0.0827. The number of ether oxygens (including phenoxy) is 1. The van der Waals surface area contributed by atoms with Crippen molar-refractivity contribution in [1.82, 2.24) is 5.32 Å². The number of hydrogen-bond donors (Lipinski definition) is 1. The molecule has 0 amide bonds. The zero-order valence-electron chi connectivity index (χ0n) is 12.9. The van der Waals surface area contributed by atoms with Crippen LogP contribution in [0.15, 0.2) is 18.2 Å². The fourth-order valence-electron chi connectivity index (χ4n) is 1.60. The number of aryl methyl sites for hydroxylation is 1. The first-order chi connectivity index (χ1) is 8.59. The van der Waals surface area contributed by atoms with E-state index in [-0.39, 0.29) is 11.0 Å². The lowest BCUT2D eigenvalue weighted by Gasteiger charge is -2.30. The van der Waals surface area contributed by atoms with Gasteiger partial charge in [0.15, 0.2) is 0 Å². The summed E-state index contributed by atoms with van der Waals surface area (Å²) in [5.41, 5.74) is 1.29. The van der Waals surface area contributed by atoms with Gasteiger partial charge in [0, 0.05) is 22.5 Å². The van der Waals surface area contributed by atoms with Crippen molar-refractivity contribution in [3.63, 3.8) is 0 Å². The summed E-state index contributed by atoms with van der Waals surface area (Å²) in [6, 6.07) is 5.73. The molecule has 0 aliphatic carbocycles. The Labute approximate surface area is 122 Å². The summed E-state index contributed by atoms with van der Waals surface area (Å²) in [5, 5.41) is 4.27. The molecule has 108 valence electrons. The Morgan fingerprint density at radius 3 is 2.32 bits per heavy atom. The van der Waals surface area contributed by atoms with E-state index in [1.807, 2.05) is 25.1 Å². The van der Waals surface area contributed by atoms with Crippen LogP contribution in [0, 0.1) is 12.3 Å². The lowest BCUT2D eigenvalue weighted by Crippen LogP contribution is -2.43. The van der Waals surface area contributed by atoms with Gasteiger partial charge in [0.25, 0.3) is 0 Å². The molecule has 0 atom stereocenters. The molecule has 1 aromatic carbocycles. The van der Waals surface area contributed by atoms with Crippen LogP contribution in [-0.2, 0) is 0 Å². The van der Waals surface area contributed by atoms with Crippen LogP contribution < -0.4 is 10.1 Å². The van der Waals surface area contributed by atoms with Gasteiger partial charge in [-0.1, -0.05) is 25.4 Å². The molecule has 0 heterocycles. The van der Waals surface area contributed by atoms with Gasteiger partial charge < -0.3 is 10.1 Å². The fraction of sp³-hybridized carbons (Fsp3) is 0.625. The number of rotatable bonds is 5. The summed E-state index contributed by atoms with van der Waals surface area (Å²) in [5.74, 6) is 0.910. The van der Waals surface area contributed by atoms with Gasteiger partial charge in [-0.2, -0.15) is 0 Å². The minimum atomic E-state index is 0.0827. The van der Waals surface area contributed by atoms with E-state index in [1.54, 1.807) is 0 Å². The van der Waals surface area contributed by atoms with Crippen molar-refractivity contribution in [3.8, 4) is 5.75 Å². The topological polar surface area (TPSA) is 21.3 Å². The third-order valence-electron chi connectivity index (χ3n) is 2.85. The number of halogens is 1. The van der Waals surface area contributed by atoms with Crippen molar-refractivity contribution >= 4 is 11.6 Å². The first-order valence-corrected chi connectivity index (χ1v) is 7.11. The zero-order chi connectivity index (χ0) is 14.7. The number of nitrogens with one attached hydrogen (secondary N) is 1. The molecule has 0 bridgehead atoms. The summed E-state index contributed by atoms with van der Waals surface area (Å²) in [7, 11) is 0. The van der Waals surface area contributed by atoms with Crippen molar-refractivity contribution in [1.29, 1.82) is 0 Å². The molecular formula is C16H26ClNO. The van der Waals surface area contributed by atoms with Crippen molar-refractivity contribution in [2.75, 3.05) is 13.2 Å². The van der Waals surface area contributed by atoms with Gasteiger partial charge in [-0.25, -0.2) is 0 Å². The molecule has 1 aromatic rings. The molecule has 0 unspecified atom stereocenters. The molecule has 0 saturated heterocycles. The van der Waals surface area contributed by atoms with Crippen molar-refractivity contribution in [2.24, 2.45) is 5.41 Å². The lowest BCUT2D eigenvalue weighted by molar-refractivity contribution is 0.165. The summed E-state index contributed by atoms with van der Waals surface area (Å²) < 4.78 is 5.92. The molecule has 19 heavy (non-hydrogen) atoms. The maximum Gasteiger partial charge on any atom is 0.122 e. The molecule has 0 aromatic heterocycles. The SMILES string of the molecule is Cc1cc(Cl)ccc1OCC(C)(C)CNC(C)(C)C. The Bertz CT molecular complexity index is 421. The smallest absolute Gasteiger partial charge is 0.122 e. The van der Waals surface area contributed by atoms with E-state index in [1.165, 1.54) is 0 Å². The van der Waals surface area contributed by atoms with E-state index in [0.29, 0.717) is 6.61 Å². The van der Waals surface area contributed by atoms with E-state index in [0.717, 1.165) is 22.9 Å². The lowest BCUT2D eigenvalue weighted by atomic mass is 9.93. The van der Waals surface area contributed by atoms with Gasteiger partial charge in [0.1, 0.15) is 5.75 Å². The van der Waals surface area contributed by atoms with Crippen LogP contribution in [-0.4, -0.2) is 18.7 Å². The summed E-state index contributed by atoms with van der Waals surface area (Å²) >= 11 is 5.94. The second-order valence-electron chi connectivity index (χ2n) is 6.97. The Morgan fingerprint density at radius 2 is 1.79 bits per heavy atom. The molecule has 2 nitrogen and oxygen atoms in total. The fourth-order valence-corrected chi connectivity index (χ4v) is 1.83. The predicted molar refractivity (Wildman–Crippen MR) is 83.2 cm³/mol. The molecule has 0 fully saturated rings. The van der Waals surface area contributed by atoms with Gasteiger partial charge >= 0.3 is 0 Å². The molecule has 0 saturated carbocycles. The first-order valence-electron chi connectivity index (χ1n) is 6.73. The highest BCUT2D eigenvalue weighted by atomic mass is 35.5. The standard InChI is InChI=1S/C16H26ClNO/c1-12-9-13(17)7-8-14(12)19-11-16(5,6)10-18-15(2,3)4/h7-9,18H,10-11H2,1-6H3. The summed E-state index contributed by atoms with van der Waals surface area (Å²) in [4.78, 5) is 0. The average molecular weight is 284 g/mol. The maximum atomic E-state index is 5.94. The first kappa shape index (κ1) is 16.3. The van der Waals surface area contributed by atoms with Gasteiger partial charge in [0.2, 0.25) is 0 Å². The number of benzene rings is 1. The quantitative estimate of drug-likeness (QED) is 0.862. The molecule has 1 rings (SSSR count). The van der Waals surface area contributed by atoms with Crippen LogP contribution >= 0.6 is 11.6 Å². The molecule has 0 aliphatic heterocycles. The van der Waals surface area contributed by atoms with Crippen LogP contribution in [0.4, 0.5) is 0 Å². The Kier molecular flexibility index (Phi) is 5.28. The largest absolute Gasteiger partial charge is 0.493 e. The van der Waals surface area contributed by atoms with E-state index < -0.39 is 0 Å². The highest BCUT2D eigenvalue weighted by Gasteiger charge is 2.22. The molecule has 3 heteroatoms. The average Bonchev–Trinajstić information content (AvgIpc) is 2.25. The Balaban J connectivity index is 2.55. The van der Waals surface area contributed by atoms with E-state index in [9.17, 15) is 0 Å². The van der Waals surface area contributed by atoms with Crippen molar-refractivity contribution in [2.45, 2.75) is 47.1 Å². The zero-order valence-corrected chi connectivity index (χ0v) is 13.7. The van der Waals surface area contributed by atoms with Gasteiger partial charge in [-0.3, -0.25) is 0 Å². The van der Waals surface area contributed by atoms with Crippen LogP contribution in [0.25, 0.3) is 0 Å². The summed E-state index contributed by atoms with van der Waals surface area (Å²) in [6.07, 6.45) is 0. The van der Waals surface area contributed by atoms with Crippen molar-refractivity contribution in [3.05, 3.63) is 28.8 Å². The normalized spacial score (nSPS) is 12.6. The highest BCUT2D eigenvalue weighted by molar-refractivity contribution is 6.30. The summed E-state index contributed by atoms with van der Waals surface area (Å²) in [6.45, 7) is 14.5. The van der Waals surface area contributed by atoms with Gasteiger partial charge in [-0.05, 0) is 51.5 Å². The molecule has 0 radical (unpaired) electrons. The predicted octanol–water partition coefficient (Wildman–Crippen LogP) is 4.44. The van der Waals surface area contributed by atoms with Crippen LogP contribution in [0.2, 0.25) is 5.02 Å². The maximum absolute atomic E-state index is 5.94. The van der Waals surface area contributed by atoms with Crippen molar-refractivity contribution < 1.29 is 4.74 Å². The third-order valence-corrected chi connectivity index (χ3v) is 3.09. The second kappa shape index (κ2) is 6.15. The van der Waals surface area contributed by atoms with Crippen LogP contribution in [0.5, 0.6) is 5.75 Å². The minimum Gasteiger partial charge on any atom is -0.493 e. The van der Waals surface area contributed by atoms with Crippen LogP contribution in [0.1, 0.15) is 40.2 Å². The van der Waals surface area contributed by atoms with E-state index in [2.05, 4.69) is 39.9 Å². The Hall–Kier alpha value is -0.730. The molecule has 1 N–H and O–H groups in total. The highest BCUT2D eigenvalue weighted by Crippen LogP contribution is 2.24. The molecular weight excluding hydrogens is 258 g/mol. The second-order valence-corrected chi connectivity index (χ2v) is 7.40. The van der Waals surface area contributed by atoms with Gasteiger partial charge in [0.05, 0.1) is 6.61 Å². The van der Waals surface area contributed by atoms with Gasteiger partial charge in [-0.15, -0.1) is 0 Å². The number of hydrogen-bond acceptors (Lipinski definition) is 2. The Morgan fingerprint density at radius 1 is 1.16 bits per heavy atom. The van der Waals surface area contributed by atoms with E-state index in [4.69, 9.17) is 16.3 Å². The molecule has 0 spiro atoms. The van der Waals surface area contributed by atoms with E-state index >= 15 is 0 Å². The third kappa shape index (κ3) is 6.31. The molecule has 0 aliphatic rings. The monoisotopic (exact) mass is 283 g/mol.